The number of amides is 1. The molecule has 0 radical (unpaired) electrons. The standard InChI is InChI=1S/C34H36F2N6O2S/c1-20-12-31(43)42-30(19-45-34(42)32(20)23-8-5-4-6-9-23)33(44)39-15-21(2)40(22(3)16-39)17-25-18-41(38-37-25)29-11-7-10-26-27(29)13-24(35)14-28(26)36/h4-6,8-9,12-14,18,21-22,29-30H,7,10-11,15-17,19H2,1-3H3/t21-,22+,29-,30?/m0/s1. The molecule has 0 spiro atoms. The Hall–Kier alpha value is -3.83. The summed E-state index contributed by atoms with van der Waals surface area (Å²) in [7, 11) is 0. The molecule has 4 aromatic rings. The Morgan fingerprint density at radius 2 is 1.82 bits per heavy atom. The minimum Gasteiger partial charge on any atom is -0.338 e. The fourth-order valence-corrected chi connectivity index (χ4v) is 8.78. The monoisotopic (exact) mass is 630 g/mol. The van der Waals surface area contributed by atoms with Crippen LogP contribution in [0.4, 0.5) is 8.78 Å². The SMILES string of the molecule is Cc1cc(=O)n2c(c1-c1ccccc1)SCC2C(=O)N1C[C@@H](C)N(Cc2cn([C@H]3CCCc4c(F)cc(F)cc43)nn2)[C@@H](C)C1. The first-order valence-corrected chi connectivity index (χ1v) is 16.6. The fourth-order valence-electron chi connectivity index (χ4n) is 7.39. The zero-order chi connectivity index (χ0) is 31.4. The summed E-state index contributed by atoms with van der Waals surface area (Å²) in [5, 5.41) is 9.66. The van der Waals surface area contributed by atoms with E-state index in [0.717, 1.165) is 46.3 Å². The van der Waals surface area contributed by atoms with E-state index < -0.39 is 17.7 Å². The number of piperazine rings is 1. The Labute approximate surface area is 265 Å². The summed E-state index contributed by atoms with van der Waals surface area (Å²) in [6, 6.07) is 13.3. The van der Waals surface area contributed by atoms with Crippen molar-refractivity contribution in [1.82, 2.24) is 29.4 Å². The highest BCUT2D eigenvalue weighted by Gasteiger charge is 2.39. The Morgan fingerprint density at radius 1 is 1.07 bits per heavy atom. The second-order valence-electron chi connectivity index (χ2n) is 12.6. The van der Waals surface area contributed by atoms with Crippen LogP contribution in [0.5, 0.6) is 0 Å². The van der Waals surface area contributed by atoms with Crippen molar-refractivity contribution in [2.45, 2.75) is 75.8 Å². The maximum atomic E-state index is 14.5. The third-order valence-corrected chi connectivity index (χ3v) is 10.7. The van der Waals surface area contributed by atoms with E-state index in [0.29, 0.717) is 42.9 Å². The van der Waals surface area contributed by atoms with Crippen LogP contribution < -0.4 is 5.56 Å². The third-order valence-electron chi connectivity index (χ3n) is 9.53. The molecule has 3 aliphatic rings. The average Bonchev–Trinajstić information content (AvgIpc) is 3.67. The van der Waals surface area contributed by atoms with Crippen molar-refractivity contribution in [2.24, 2.45) is 0 Å². The molecule has 8 nitrogen and oxygen atoms in total. The molecule has 1 amide bonds. The van der Waals surface area contributed by atoms with Crippen LogP contribution in [0.15, 0.2) is 64.5 Å². The first-order chi connectivity index (χ1) is 21.7. The van der Waals surface area contributed by atoms with E-state index in [2.05, 4.69) is 29.1 Å². The first kappa shape index (κ1) is 29.9. The van der Waals surface area contributed by atoms with E-state index in [1.165, 1.54) is 6.07 Å². The molecule has 7 rings (SSSR count). The Balaban J connectivity index is 1.06. The van der Waals surface area contributed by atoms with Gasteiger partial charge in [0.1, 0.15) is 17.7 Å². The van der Waals surface area contributed by atoms with Gasteiger partial charge in [-0.2, -0.15) is 0 Å². The van der Waals surface area contributed by atoms with Crippen molar-refractivity contribution in [3.05, 3.63) is 99.1 Å². The quantitative estimate of drug-likeness (QED) is 0.295. The highest BCUT2D eigenvalue weighted by molar-refractivity contribution is 7.99. The molecular weight excluding hydrogens is 594 g/mol. The van der Waals surface area contributed by atoms with Crippen LogP contribution >= 0.6 is 11.8 Å². The van der Waals surface area contributed by atoms with Crippen molar-refractivity contribution < 1.29 is 13.6 Å². The molecule has 2 aromatic carbocycles. The minimum absolute atomic E-state index is 0.0223. The molecule has 1 unspecified atom stereocenters. The van der Waals surface area contributed by atoms with Crippen LogP contribution in [0.3, 0.4) is 0 Å². The zero-order valence-corrected chi connectivity index (χ0v) is 26.4. The van der Waals surface area contributed by atoms with E-state index in [1.54, 1.807) is 27.1 Å². The molecule has 0 bridgehead atoms. The van der Waals surface area contributed by atoms with Gasteiger partial charge in [-0.1, -0.05) is 35.5 Å². The molecule has 2 aliphatic heterocycles. The number of rotatable bonds is 5. The lowest BCUT2D eigenvalue weighted by Crippen LogP contribution is -2.58. The number of fused-ring (bicyclic) bond motifs is 2. The van der Waals surface area contributed by atoms with Crippen LogP contribution in [0.25, 0.3) is 11.1 Å². The van der Waals surface area contributed by atoms with Crippen molar-refractivity contribution in [3.63, 3.8) is 0 Å². The van der Waals surface area contributed by atoms with E-state index in [4.69, 9.17) is 0 Å². The number of aromatic nitrogens is 4. The second kappa shape index (κ2) is 11.8. The molecular formula is C34H36F2N6O2S. The maximum absolute atomic E-state index is 14.5. The van der Waals surface area contributed by atoms with E-state index in [-0.39, 0.29) is 29.6 Å². The minimum atomic E-state index is -0.579. The number of thioether (sulfide) groups is 1. The van der Waals surface area contributed by atoms with Gasteiger partial charge < -0.3 is 4.90 Å². The summed E-state index contributed by atoms with van der Waals surface area (Å²) in [5.41, 5.74) is 4.80. The summed E-state index contributed by atoms with van der Waals surface area (Å²) in [6.45, 7) is 7.77. The molecule has 4 heterocycles. The Kier molecular flexibility index (Phi) is 7.85. The lowest BCUT2D eigenvalue weighted by atomic mass is 9.87. The van der Waals surface area contributed by atoms with E-state index in [1.807, 2.05) is 48.4 Å². The predicted octanol–water partition coefficient (Wildman–Crippen LogP) is 5.39. The largest absolute Gasteiger partial charge is 0.338 e. The first-order valence-electron chi connectivity index (χ1n) is 15.6. The van der Waals surface area contributed by atoms with Gasteiger partial charge in [0.2, 0.25) is 5.91 Å². The summed E-state index contributed by atoms with van der Waals surface area (Å²) in [4.78, 5) is 31.4. The number of hydrogen-bond donors (Lipinski definition) is 0. The van der Waals surface area contributed by atoms with Crippen LogP contribution in [0, 0.1) is 18.6 Å². The number of carbonyl (C=O) groups excluding carboxylic acids is 1. The molecule has 45 heavy (non-hydrogen) atoms. The zero-order valence-electron chi connectivity index (χ0n) is 25.6. The molecule has 1 saturated heterocycles. The smallest absolute Gasteiger partial charge is 0.252 e. The van der Waals surface area contributed by atoms with Gasteiger partial charge >= 0.3 is 0 Å². The van der Waals surface area contributed by atoms with Gasteiger partial charge in [-0.05, 0) is 68.4 Å². The van der Waals surface area contributed by atoms with Gasteiger partial charge in [-0.25, -0.2) is 13.5 Å². The Bertz CT molecular complexity index is 1810. The van der Waals surface area contributed by atoms with E-state index >= 15 is 0 Å². The highest BCUT2D eigenvalue weighted by atomic mass is 32.2. The topological polar surface area (TPSA) is 76.3 Å². The molecule has 4 atom stereocenters. The van der Waals surface area contributed by atoms with Gasteiger partial charge in [-0.3, -0.25) is 19.1 Å². The fraction of sp³-hybridized carbons (Fsp3) is 0.412. The number of hydrogen-bond acceptors (Lipinski definition) is 6. The van der Waals surface area contributed by atoms with Gasteiger partial charge in [0.15, 0.2) is 0 Å². The molecule has 1 aliphatic carbocycles. The molecule has 0 N–H and O–H groups in total. The van der Waals surface area contributed by atoms with Crippen molar-refractivity contribution in [1.29, 1.82) is 0 Å². The van der Waals surface area contributed by atoms with Crippen molar-refractivity contribution in [3.8, 4) is 11.1 Å². The third kappa shape index (κ3) is 5.39. The van der Waals surface area contributed by atoms with Gasteiger partial charge in [-0.15, -0.1) is 16.9 Å². The van der Waals surface area contributed by atoms with Crippen molar-refractivity contribution in [2.75, 3.05) is 18.8 Å². The van der Waals surface area contributed by atoms with Crippen LogP contribution in [-0.4, -0.2) is 66.2 Å². The Morgan fingerprint density at radius 3 is 2.58 bits per heavy atom. The summed E-state index contributed by atoms with van der Waals surface area (Å²) < 4.78 is 32.0. The van der Waals surface area contributed by atoms with E-state index in [9.17, 15) is 18.4 Å². The molecule has 1 fully saturated rings. The summed E-state index contributed by atoms with van der Waals surface area (Å²) in [6.07, 6.45) is 4.00. The molecule has 2 aromatic heterocycles. The highest BCUT2D eigenvalue weighted by Crippen LogP contribution is 2.41. The van der Waals surface area contributed by atoms with Crippen LogP contribution in [0.1, 0.15) is 61.2 Å². The number of halogens is 2. The van der Waals surface area contributed by atoms with Gasteiger partial charge in [0.05, 0.1) is 23.0 Å². The lowest BCUT2D eigenvalue weighted by molar-refractivity contribution is -0.138. The molecule has 234 valence electrons. The number of nitrogens with zero attached hydrogens (tertiary/aromatic N) is 6. The average molecular weight is 631 g/mol. The van der Waals surface area contributed by atoms with Crippen LogP contribution in [-0.2, 0) is 17.8 Å². The lowest BCUT2D eigenvalue weighted by Gasteiger charge is -2.44. The number of carbonyl (C=O) groups is 1. The number of aryl methyl sites for hydroxylation is 1. The predicted molar refractivity (Wildman–Crippen MR) is 169 cm³/mol. The number of benzene rings is 2. The van der Waals surface area contributed by atoms with Gasteiger partial charge in [0.25, 0.3) is 5.56 Å². The normalized spacial score (nSPS) is 23.2. The van der Waals surface area contributed by atoms with Crippen molar-refractivity contribution >= 4 is 17.7 Å². The number of pyridine rings is 1. The second-order valence-corrected chi connectivity index (χ2v) is 13.6. The maximum Gasteiger partial charge on any atom is 0.252 e. The van der Waals surface area contributed by atoms with Gasteiger partial charge in [0, 0.05) is 55.2 Å². The molecule has 11 heteroatoms. The molecule has 0 saturated carbocycles. The summed E-state index contributed by atoms with van der Waals surface area (Å²) in [5.74, 6) is -0.570. The summed E-state index contributed by atoms with van der Waals surface area (Å²) >= 11 is 1.58. The van der Waals surface area contributed by atoms with Crippen LogP contribution in [0.2, 0.25) is 0 Å².